The predicted molar refractivity (Wildman–Crippen MR) is 108 cm³/mol. The minimum atomic E-state index is -0.832. The molecule has 2 heterocycles. The van der Waals surface area contributed by atoms with Gasteiger partial charge in [-0.15, -0.1) is 0 Å². The van der Waals surface area contributed by atoms with Crippen LogP contribution in [-0.2, 0) is 16.6 Å². The minimum absolute atomic E-state index is 0.0997. The van der Waals surface area contributed by atoms with E-state index in [4.69, 9.17) is 0 Å². The molecule has 8 nitrogen and oxygen atoms in total. The van der Waals surface area contributed by atoms with E-state index in [0.717, 1.165) is 0 Å². The first kappa shape index (κ1) is 21.2. The number of rotatable bonds is 5. The highest BCUT2D eigenvalue weighted by atomic mass is 19.1. The average Bonchev–Trinajstić information content (AvgIpc) is 3.18. The van der Waals surface area contributed by atoms with Gasteiger partial charge in [0.25, 0.3) is 17.6 Å². The second-order valence-electron chi connectivity index (χ2n) is 7.42. The molecule has 0 bridgehead atoms. The fourth-order valence-electron chi connectivity index (χ4n) is 3.62. The van der Waals surface area contributed by atoms with Gasteiger partial charge in [0.05, 0.1) is 17.3 Å². The van der Waals surface area contributed by atoms with Gasteiger partial charge in [0, 0.05) is 31.4 Å². The summed E-state index contributed by atoms with van der Waals surface area (Å²) in [5, 5.41) is 7.84. The van der Waals surface area contributed by atoms with Gasteiger partial charge in [-0.3, -0.25) is 19.2 Å². The van der Waals surface area contributed by atoms with Crippen LogP contribution in [-0.4, -0.2) is 40.7 Å². The van der Waals surface area contributed by atoms with Crippen LogP contribution in [0.1, 0.15) is 44.1 Å². The summed E-state index contributed by atoms with van der Waals surface area (Å²) >= 11 is 0. The number of carbonyl (C=O) groups excluding carboxylic acids is 4. The number of nitrogens with one attached hydrogen (secondary N) is 3. The predicted octanol–water partition coefficient (Wildman–Crippen LogP) is 1.53. The number of anilines is 1. The molecule has 2 aromatic rings. The Morgan fingerprint density at radius 2 is 1.90 bits per heavy atom. The number of benzene rings is 1. The van der Waals surface area contributed by atoms with Crippen LogP contribution in [0.2, 0.25) is 0 Å². The summed E-state index contributed by atoms with van der Waals surface area (Å²) < 4.78 is 15.0. The smallest absolute Gasteiger partial charge is 0.294 e. The highest BCUT2D eigenvalue weighted by Crippen LogP contribution is 2.24. The highest BCUT2D eigenvalue weighted by Gasteiger charge is 2.31. The molecule has 0 spiro atoms. The Morgan fingerprint density at radius 3 is 2.50 bits per heavy atom. The first-order valence-electron chi connectivity index (χ1n) is 9.45. The minimum Gasteiger partial charge on any atom is -0.354 e. The van der Waals surface area contributed by atoms with E-state index in [-0.39, 0.29) is 35.9 Å². The van der Waals surface area contributed by atoms with Crippen LogP contribution in [0.15, 0.2) is 18.2 Å². The third-order valence-electron chi connectivity index (χ3n) is 5.31. The Hall–Kier alpha value is -3.49. The van der Waals surface area contributed by atoms with Gasteiger partial charge in [-0.2, -0.15) is 0 Å². The number of carbonyl (C=O) groups is 4. The maximum absolute atomic E-state index is 13.5. The molecule has 3 N–H and O–H groups in total. The zero-order valence-electron chi connectivity index (χ0n) is 17.2. The molecular formula is C21H23FN4O4. The summed E-state index contributed by atoms with van der Waals surface area (Å²) in [6.45, 7) is 5.13. The van der Waals surface area contributed by atoms with Crippen molar-refractivity contribution in [2.24, 2.45) is 7.05 Å². The summed E-state index contributed by atoms with van der Waals surface area (Å²) in [7, 11) is 1.60. The molecule has 9 heteroatoms. The lowest BCUT2D eigenvalue weighted by atomic mass is 10.1. The van der Waals surface area contributed by atoms with E-state index in [2.05, 4.69) is 16.0 Å². The fraction of sp³-hybridized carbons (Fsp3) is 0.333. The molecule has 0 unspecified atom stereocenters. The van der Waals surface area contributed by atoms with E-state index in [1.807, 2.05) is 0 Å². The number of ketones is 1. The molecule has 3 amide bonds. The van der Waals surface area contributed by atoms with Crippen LogP contribution in [0.3, 0.4) is 0 Å². The van der Waals surface area contributed by atoms with Crippen LogP contribution in [0, 0.1) is 26.6 Å². The van der Waals surface area contributed by atoms with Crippen molar-refractivity contribution in [3.8, 4) is 0 Å². The molecule has 1 fully saturated rings. The first-order valence-corrected chi connectivity index (χ1v) is 9.45. The van der Waals surface area contributed by atoms with Crippen molar-refractivity contribution < 1.29 is 23.6 Å². The molecule has 30 heavy (non-hydrogen) atoms. The molecule has 0 saturated carbocycles. The zero-order valence-corrected chi connectivity index (χ0v) is 17.2. The lowest BCUT2D eigenvalue weighted by Gasteiger charge is -2.10. The van der Waals surface area contributed by atoms with Gasteiger partial charge in [0.2, 0.25) is 5.91 Å². The van der Waals surface area contributed by atoms with Crippen molar-refractivity contribution in [2.75, 3.05) is 11.9 Å². The maximum atomic E-state index is 13.5. The van der Waals surface area contributed by atoms with E-state index in [1.165, 1.54) is 22.8 Å². The van der Waals surface area contributed by atoms with Crippen LogP contribution in [0.5, 0.6) is 0 Å². The highest BCUT2D eigenvalue weighted by molar-refractivity contribution is 6.43. The Kier molecular flexibility index (Phi) is 5.73. The van der Waals surface area contributed by atoms with E-state index in [1.54, 1.807) is 27.8 Å². The summed E-state index contributed by atoms with van der Waals surface area (Å²) in [4.78, 5) is 49.3. The molecule has 3 rings (SSSR count). The fourth-order valence-corrected chi connectivity index (χ4v) is 3.62. The molecule has 1 aliphatic rings. The van der Waals surface area contributed by atoms with Crippen LogP contribution >= 0.6 is 0 Å². The van der Waals surface area contributed by atoms with E-state index < -0.39 is 23.6 Å². The number of hydrogen-bond acceptors (Lipinski definition) is 4. The molecule has 158 valence electrons. The topological polar surface area (TPSA) is 109 Å². The lowest BCUT2D eigenvalue weighted by molar-refractivity contribution is -0.119. The number of nitrogens with zero attached hydrogens (tertiary/aromatic N) is 1. The van der Waals surface area contributed by atoms with Crippen molar-refractivity contribution >= 4 is 29.2 Å². The Morgan fingerprint density at radius 1 is 1.20 bits per heavy atom. The largest absolute Gasteiger partial charge is 0.354 e. The van der Waals surface area contributed by atoms with Gasteiger partial charge in [0.1, 0.15) is 5.82 Å². The van der Waals surface area contributed by atoms with Gasteiger partial charge >= 0.3 is 0 Å². The SMILES string of the molecule is Cc1cc(NC(=O)c2c(C)c(C(=O)C(=O)N[C@H]3CNC(=O)C3)n(C)c2C)ccc1F. The molecular weight excluding hydrogens is 391 g/mol. The average molecular weight is 414 g/mol. The van der Waals surface area contributed by atoms with Gasteiger partial charge in [-0.05, 0) is 50.1 Å². The van der Waals surface area contributed by atoms with Crippen molar-refractivity contribution in [1.29, 1.82) is 0 Å². The summed E-state index contributed by atoms with van der Waals surface area (Å²) in [5.41, 5.74) is 2.06. The summed E-state index contributed by atoms with van der Waals surface area (Å²) in [6, 6.07) is 3.78. The number of aromatic nitrogens is 1. The summed E-state index contributed by atoms with van der Waals surface area (Å²) in [5.74, 6) is -2.64. The quantitative estimate of drug-likeness (QED) is 0.509. The summed E-state index contributed by atoms with van der Waals surface area (Å²) in [6.07, 6.45) is 0.120. The molecule has 1 aromatic heterocycles. The number of aryl methyl sites for hydroxylation is 1. The van der Waals surface area contributed by atoms with Gasteiger partial charge in [-0.1, -0.05) is 0 Å². The first-order chi connectivity index (χ1) is 14.1. The normalized spacial score (nSPS) is 15.6. The van der Waals surface area contributed by atoms with E-state index >= 15 is 0 Å². The number of halogens is 1. The Bertz CT molecular complexity index is 1070. The van der Waals surface area contributed by atoms with Crippen LogP contribution in [0.25, 0.3) is 0 Å². The Balaban J connectivity index is 1.84. The van der Waals surface area contributed by atoms with Crippen molar-refractivity contribution in [3.63, 3.8) is 0 Å². The monoisotopic (exact) mass is 414 g/mol. The molecule has 1 atom stereocenters. The molecule has 1 aromatic carbocycles. The lowest BCUT2D eigenvalue weighted by Crippen LogP contribution is -2.41. The van der Waals surface area contributed by atoms with Gasteiger partial charge in [0.15, 0.2) is 0 Å². The molecule has 1 saturated heterocycles. The number of hydrogen-bond donors (Lipinski definition) is 3. The van der Waals surface area contributed by atoms with Crippen LogP contribution < -0.4 is 16.0 Å². The maximum Gasteiger partial charge on any atom is 0.294 e. The molecule has 1 aliphatic heterocycles. The van der Waals surface area contributed by atoms with Gasteiger partial charge < -0.3 is 20.5 Å². The molecule has 0 radical (unpaired) electrons. The van der Waals surface area contributed by atoms with E-state index in [9.17, 15) is 23.6 Å². The third kappa shape index (κ3) is 3.96. The second-order valence-corrected chi connectivity index (χ2v) is 7.42. The van der Waals surface area contributed by atoms with Crippen molar-refractivity contribution in [3.05, 3.63) is 52.1 Å². The van der Waals surface area contributed by atoms with Gasteiger partial charge in [-0.25, -0.2) is 4.39 Å². The van der Waals surface area contributed by atoms with E-state index in [0.29, 0.717) is 22.5 Å². The zero-order chi connectivity index (χ0) is 22.2. The van der Waals surface area contributed by atoms with Crippen molar-refractivity contribution in [1.82, 2.24) is 15.2 Å². The number of Topliss-reactive ketones (excluding diaryl/α,β-unsaturated/α-hetero) is 1. The van der Waals surface area contributed by atoms with Crippen LogP contribution in [0.4, 0.5) is 10.1 Å². The third-order valence-corrected chi connectivity index (χ3v) is 5.31. The number of amides is 3. The second kappa shape index (κ2) is 8.10. The Labute approximate surface area is 172 Å². The molecule has 0 aliphatic carbocycles. The van der Waals surface area contributed by atoms with Crippen molar-refractivity contribution in [2.45, 2.75) is 33.2 Å². The standard InChI is InChI=1S/C21H23FN4O4/c1-10-7-13(5-6-15(10)22)24-20(29)17-11(2)18(26(4)12(17)3)19(28)21(30)25-14-8-16(27)23-9-14/h5-7,14H,8-9H2,1-4H3,(H,23,27)(H,24,29)(H,25,30)/t14-/m1/s1.